The van der Waals surface area contributed by atoms with Crippen LogP contribution in [0.3, 0.4) is 0 Å². The Labute approximate surface area is 142 Å². The molecule has 4 nitrogen and oxygen atoms in total. The molecule has 1 amide bonds. The standard InChI is InChI=1S/C16H18ClF3N2O2/c1-9-14-10(6-11(7-12(14)17)16(18,19)20)2-4-22(9)15(23)13-8-21-3-5-24-13/h6-7,9,13,21H,2-5,8H2,1H3. The highest BCUT2D eigenvalue weighted by Gasteiger charge is 2.37. The van der Waals surface area contributed by atoms with Crippen LogP contribution in [0.2, 0.25) is 5.02 Å². The quantitative estimate of drug-likeness (QED) is 0.835. The Morgan fingerprint density at radius 1 is 1.42 bits per heavy atom. The molecule has 132 valence electrons. The molecule has 2 heterocycles. The second kappa shape index (κ2) is 6.54. The lowest BCUT2D eigenvalue weighted by Gasteiger charge is -2.38. The van der Waals surface area contributed by atoms with Gasteiger partial charge in [0.2, 0.25) is 0 Å². The van der Waals surface area contributed by atoms with Crippen LogP contribution in [0.5, 0.6) is 0 Å². The summed E-state index contributed by atoms with van der Waals surface area (Å²) >= 11 is 6.12. The van der Waals surface area contributed by atoms with Crippen molar-refractivity contribution in [3.63, 3.8) is 0 Å². The molecule has 0 spiro atoms. The molecule has 0 aromatic heterocycles. The maximum absolute atomic E-state index is 12.9. The van der Waals surface area contributed by atoms with Gasteiger partial charge in [-0.1, -0.05) is 11.6 Å². The maximum Gasteiger partial charge on any atom is 0.416 e. The number of nitrogens with zero attached hydrogens (tertiary/aromatic N) is 1. The largest absolute Gasteiger partial charge is 0.416 e. The number of hydrogen-bond acceptors (Lipinski definition) is 3. The van der Waals surface area contributed by atoms with E-state index in [0.29, 0.717) is 43.8 Å². The van der Waals surface area contributed by atoms with Gasteiger partial charge in [-0.25, -0.2) is 0 Å². The molecule has 1 saturated heterocycles. The van der Waals surface area contributed by atoms with Crippen LogP contribution in [0.15, 0.2) is 12.1 Å². The SMILES string of the molecule is CC1c2c(Cl)cc(C(F)(F)F)cc2CCN1C(=O)C1CNCCO1. The lowest BCUT2D eigenvalue weighted by molar-refractivity contribution is -0.148. The number of ether oxygens (including phenoxy) is 1. The van der Waals surface area contributed by atoms with Gasteiger partial charge in [0.05, 0.1) is 18.2 Å². The molecule has 2 aliphatic heterocycles. The fourth-order valence-corrected chi connectivity index (χ4v) is 3.71. The minimum Gasteiger partial charge on any atom is -0.366 e. The van der Waals surface area contributed by atoms with Crippen LogP contribution in [0.1, 0.15) is 29.7 Å². The van der Waals surface area contributed by atoms with Crippen LogP contribution in [-0.2, 0) is 22.1 Å². The Bertz CT molecular complexity index is 645. The van der Waals surface area contributed by atoms with Gasteiger partial charge in [0.1, 0.15) is 6.10 Å². The Morgan fingerprint density at radius 3 is 2.79 bits per heavy atom. The fourth-order valence-electron chi connectivity index (χ4n) is 3.31. The monoisotopic (exact) mass is 362 g/mol. The molecule has 2 aliphatic rings. The van der Waals surface area contributed by atoms with Crippen LogP contribution in [0, 0.1) is 0 Å². The highest BCUT2D eigenvalue weighted by atomic mass is 35.5. The number of alkyl halides is 3. The molecule has 0 saturated carbocycles. The normalized spacial score (nSPS) is 24.6. The van der Waals surface area contributed by atoms with E-state index in [4.69, 9.17) is 16.3 Å². The summed E-state index contributed by atoms with van der Waals surface area (Å²) in [5, 5.41) is 3.15. The lowest BCUT2D eigenvalue weighted by Crippen LogP contribution is -2.51. The van der Waals surface area contributed by atoms with Crippen molar-refractivity contribution < 1.29 is 22.7 Å². The number of fused-ring (bicyclic) bond motifs is 1. The summed E-state index contributed by atoms with van der Waals surface area (Å²) in [5.74, 6) is -0.156. The Kier molecular flexibility index (Phi) is 4.77. The van der Waals surface area contributed by atoms with Gasteiger partial charge >= 0.3 is 6.18 Å². The van der Waals surface area contributed by atoms with E-state index >= 15 is 0 Å². The molecular weight excluding hydrogens is 345 g/mol. The van der Waals surface area contributed by atoms with E-state index in [1.807, 2.05) is 0 Å². The predicted molar refractivity (Wildman–Crippen MR) is 82.9 cm³/mol. The minimum atomic E-state index is -4.43. The fraction of sp³-hybridized carbons (Fsp3) is 0.562. The Morgan fingerprint density at radius 2 is 2.17 bits per heavy atom. The first-order chi connectivity index (χ1) is 11.3. The molecule has 2 unspecified atom stereocenters. The molecule has 3 rings (SSSR count). The van der Waals surface area contributed by atoms with Gasteiger partial charge in [-0.3, -0.25) is 4.79 Å². The third-order valence-electron chi connectivity index (χ3n) is 4.54. The summed E-state index contributed by atoms with van der Waals surface area (Å²) in [6.07, 6.45) is -4.65. The zero-order valence-electron chi connectivity index (χ0n) is 13.1. The number of carbonyl (C=O) groups excluding carboxylic acids is 1. The van der Waals surface area contributed by atoms with E-state index in [0.717, 1.165) is 12.1 Å². The number of hydrogen-bond donors (Lipinski definition) is 1. The van der Waals surface area contributed by atoms with Crippen molar-refractivity contribution in [1.29, 1.82) is 0 Å². The maximum atomic E-state index is 12.9. The number of benzene rings is 1. The van der Waals surface area contributed by atoms with E-state index in [1.165, 1.54) is 0 Å². The molecule has 0 aliphatic carbocycles. The summed E-state index contributed by atoms with van der Waals surface area (Å²) in [6.45, 7) is 3.74. The second-order valence-corrected chi connectivity index (χ2v) is 6.46. The lowest BCUT2D eigenvalue weighted by atomic mass is 9.91. The van der Waals surface area contributed by atoms with Gasteiger partial charge in [-0.05, 0) is 36.6 Å². The molecule has 1 fully saturated rings. The molecule has 24 heavy (non-hydrogen) atoms. The molecular formula is C16H18ClF3N2O2. The molecule has 1 aromatic carbocycles. The van der Waals surface area contributed by atoms with E-state index in [9.17, 15) is 18.0 Å². The molecule has 0 bridgehead atoms. The molecule has 8 heteroatoms. The Hall–Kier alpha value is -1.31. The smallest absolute Gasteiger partial charge is 0.366 e. The van der Waals surface area contributed by atoms with Crippen LogP contribution in [0.4, 0.5) is 13.2 Å². The first-order valence-corrected chi connectivity index (χ1v) is 8.19. The first-order valence-electron chi connectivity index (χ1n) is 7.81. The van der Waals surface area contributed by atoms with Crippen molar-refractivity contribution in [2.24, 2.45) is 0 Å². The van der Waals surface area contributed by atoms with Crippen molar-refractivity contribution >= 4 is 17.5 Å². The Balaban J connectivity index is 1.87. The van der Waals surface area contributed by atoms with Crippen LogP contribution in [-0.4, -0.2) is 43.2 Å². The third-order valence-corrected chi connectivity index (χ3v) is 4.85. The highest BCUT2D eigenvalue weighted by Crippen LogP contribution is 2.40. The number of rotatable bonds is 1. The van der Waals surface area contributed by atoms with E-state index in [2.05, 4.69) is 5.32 Å². The highest BCUT2D eigenvalue weighted by molar-refractivity contribution is 6.31. The van der Waals surface area contributed by atoms with Gasteiger partial charge < -0.3 is 15.0 Å². The number of halogens is 4. The number of amides is 1. The zero-order chi connectivity index (χ0) is 17.5. The second-order valence-electron chi connectivity index (χ2n) is 6.05. The number of nitrogens with one attached hydrogen (secondary N) is 1. The number of carbonyl (C=O) groups is 1. The first kappa shape index (κ1) is 17.5. The summed E-state index contributed by atoms with van der Waals surface area (Å²) in [7, 11) is 0. The van der Waals surface area contributed by atoms with Gasteiger partial charge in [0.25, 0.3) is 5.91 Å². The van der Waals surface area contributed by atoms with Crippen molar-refractivity contribution in [3.8, 4) is 0 Å². The minimum absolute atomic E-state index is 0.0486. The van der Waals surface area contributed by atoms with Crippen LogP contribution < -0.4 is 5.32 Å². The van der Waals surface area contributed by atoms with Gasteiger partial charge in [0.15, 0.2) is 0 Å². The summed E-state index contributed by atoms with van der Waals surface area (Å²) in [6, 6.07) is 1.68. The third kappa shape index (κ3) is 3.25. The summed E-state index contributed by atoms with van der Waals surface area (Å²) < 4.78 is 44.3. The van der Waals surface area contributed by atoms with Crippen LogP contribution in [0.25, 0.3) is 0 Å². The van der Waals surface area contributed by atoms with Gasteiger partial charge in [-0.15, -0.1) is 0 Å². The predicted octanol–water partition coefficient (Wildman–Crippen LogP) is 2.79. The molecule has 0 radical (unpaired) electrons. The molecule has 1 N–H and O–H groups in total. The number of morpholine rings is 1. The average Bonchev–Trinajstić information content (AvgIpc) is 2.54. The average molecular weight is 363 g/mol. The molecule has 1 aromatic rings. The van der Waals surface area contributed by atoms with E-state index in [-0.39, 0.29) is 17.0 Å². The van der Waals surface area contributed by atoms with Crippen molar-refractivity contribution in [3.05, 3.63) is 33.8 Å². The zero-order valence-corrected chi connectivity index (χ0v) is 13.9. The van der Waals surface area contributed by atoms with Crippen molar-refractivity contribution in [2.75, 3.05) is 26.2 Å². The van der Waals surface area contributed by atoms with Crippen LogP contribution >= 0.6 is 11.6 Å². The van der Waals surface area contributed by atoms with Gasteiger partial charge in [-0.2, -0.15) is 13.2 Å². The molecule has 2 atom stereocenters. The van der Waals surface area contributed by atoms with Crippen molar-refractivity contribution in [1.82, 2.24) is 10.2 Å². The van der Waals surface area contributed by atoms with E-state index < -0.39 is 17.8 Å². The summed E-state index contributed by atoms with van der Waals surface area (Å²) in [4.78, 5) is 14.3. The van der Waals surface area contributed by atoms with E-state index in [1.54, 1.807) is 11.8 Å². The van der Waals surface area contributed by atoms with Gasteiger partial charge in [0, 0.05) is 24.7 Å². The topological polar surface area (TPSA) is 41.6 Å². The van der Waals surface area contributed by atoms with Crippen molar-refractivity contribution in [2.45, 2.75) is 31.7 Å². The summed E-state index contributed by atoms with van der Waals surface area (Å²) in [5.41, 5.74) is 0.389.